The summed E-state index contributed by atoms with van der Waals surface area (Å²) in [7, 11) is 0. The van der Waals surface area contributed by atoms with Crippen LogP contribution in [0.1, 0.15) is 34.5 Å². The van der Waals surface area contributed by atoms with Crippen molar-refractivity contribution in [1.29, 1.82) is 0 Å². The van der Waals surface area contributed by atoms with E-state index in [4.69, 9.17) is 10.8 Å². The van der Waals surface area contributed by atoms with Crippen LogP contribution in [0.15, 0.2) is 18.2 Å². The molecule has 1 aromatic heterocycles. The van der Waals surface area contributed by atoms with Gasteiger partial charge in [0, 0.05) is 23.1 Å². The minimum absolute atomic E-state index is 0.373. The summed E-state index contributed by atoms with van der Waals surface area (Å²) in [5.74, 6) is -0.858. The van der Waals surface area contributed by atoms with Crippen LogP contribution in [0, 0.1) is 0 Å². The predicted molar refractivity (Wildman–Crippen MR) is 74.6 cm³/mol. The van der Waals surface area contributed by atoms with E-state index in [0.717, 1.165) is 36.7 Å². The second kappa shape index (κ2) is 4.70. The van der Waals surface area contributed by atoms with Crippen LogP contribution in [-0.4, -0.2) is 22.2 Å². The lowest BCUT2D eigenvalue weighted by molar-refractivity contribution is 0.0697. The number of carboxylic acids is 1. The normalized spacial score (nSPS) is 13.9. The number of aryl methyl sites for hydroxylation is 2. The van der Waals surface area contributed by atoms with Gasteiger partial charge in [0.2, 0.25) is 0 Å². The predicted octanol–water partition coefficient (Wildman–Crippen LogP) is 2.18. The van der Waals surface area contributed by atoms with Crippen molar-refractivity contribution in [1.82, 2.24) is 4.57 Å². The monoisotopic (exact) mass is 258 g/mol. The van der Waals surface area contributed by atoms with Crippen molar-refractivity contribution in [2.24, 2.45) is 5.73 Å². The molecule has 0 fully saturated rings. The number of aromatic nitrogens is 1. The zero-order valence-electron chi connectivity index (χ0n) is 10.9. The molecule has 4 heteroatoms. The number of nitrogens with two attached hydrogens (primary N) is 1. The van der Waals surface area contributed by atoms with Gasteiger partial charge in [0.25, 0.3) is 0 Å². The van der Waals surface area contributed by atoms with Gasteiger partial charge in [-0.05, 0) is 56.0 Å². The standard InChI is InChI=1S/C15H18N2O2/c16-7-2-8-17-13-4-1-3-11(13)12-9-10(15(18)19)5-6-14(12)17/h5-6,9H,1-4,7-8,16H2,(H,18,19). The van der Waals surface area contributed by atoms with E-state index in [1.807, 2.05) is 12.1 Å². The Bertz CT molecular complexity index is 643. The lowest BCUT2D eigenvalue weighted by Gasteiger charge is -2.08. The molecule has 1 aliphatic carbocycles. The van der Waals surface area contributed by atoms with E-state index in [1.165, 1.54) is 17.7 Å². The molecule has 0 radical (unpaired) electrons. The topological polar surface area (TPSA) is 68.2 Å². The van der Waals surface area contributed by atoms with Gasteiger partial charge in [-0.3, -0.25) is 0 Å². The first-order valence-electron chi connectivity index (χ1n) is 6.79. The summed E-state index contributed by atoms with van der Waals surface area (Å²) < 4.78 is 2.33. The molecule has 1 heterocycles. The molecule has 0 bridgehead atoms. The third-order valence-electron chi connectivity index (χ3n) is 3.96. The second-order valence-corrected chi connectivity index (χ2v) is 5.11. The van der Waals surface area contributed by atoms with E-state index in [9.17, 15) is 4.79 Å². The van der Waals surface area contributed by atoms with Crippen molar-refractivity contribution < 1.29 is 9.90 Å². The van der Waals surface area contributed by atoms with Crippen molar-refractivity contribution in [2.45, 2.75) is 32.2 Å². The Morgan fingerprint density at radius 2 is 2.21 bits per heavy atom. The molecule has 2 aromatic rings. The number of fused-ring (bicyclic) bond motifs is 3. The van der Waals surface area contributed by atoms with E-state index >= 15 is 0 Å². The molecule has 0 unspecified atom stereocenters. The van der Waals surface area contributed by atoms with Crippen molar-refractivity contribution in [3.8, 4) is 0 Å². The lowest BCUT2D eigenvalue weighted by Crippen LogP contribution is -2.07. The van der Waals surface area contributed by atoms with Crippen LogP contribution >= 0.6 is 0 Å². The molecule has 1 aliphatic rings. The number of aromatic carboxylic acids is 1. The first-order valence-corrected chi connectivity index (χ1v) is 6.79. The highest BCUT2D eigenvalue weighted by molar-refractivity contribution is 5.95. The van der Waals surface area contributed by atoms with Crippen LogP contribution in [0.5, 0.6) is 0 Å². The molecule has 3 rings (SSSR count). The zero-order valence-corrected chi connectivity index (χ0v) is 10.9. The molecule has 0 spiro atoms. The molecule has 19 heavy (non-hydrogen) atoms. The summed E-state index contributed by atoms with van der Waals surface area (Å²) in [5.41, 5.74) is 9.86. The molecule has 3 N–H and O–H groups in total. The van der Waals surface area contributed by atoms with Crippen LogP contribution in [0.4, 0.5) is 0 Å². The second-order valence-electron chi connectivity index (χ2n) is 5.11. The van der Waals surface area contributed by atoms with Gasteiger partial charge in [0.05, 0.1) is 5.56 Å². The van der Waals surface area contributed by atoms with Gasteiger partial charge in [0.1, 0.15) is 0 Å². The van der Waals surface area contributed by atoms with E-state index in [2.05, 4.69) is 4.57 Å². The van der Waals surface area contributed by atoms with Gasteiger partial charge in [-0.1, -0.05) is 0 Å². The SMILES string of the molecule is NCCCn1c2c(c3cc(C(=O)O)ccc31)CCC2. The minimum atomic E-state index is -0.858. The molecule has 0 aliphatic heterocycles. The molecule has 0 atom stereocenters. The molecular formula is C15H18N2O2. The van der Waals surface area contributed by atoms with Crippen LogP contribution in [-0.2, 0) is 19.4 Å². The summed E-state index contributed by atoms with van der Waals surface area (Å²) in [6.45, 7) is 1.61. The molecule has 4 nitrogen and oxygen atoms in total. The molecule has 100 valence electrons. The average Bonchev–Trinajstić information content (AvgIpc) is 2.97. The Morgan fingerprint density at radius 3 is 2.95 bits per heavy atom. The van der Waals surface area contributed by atoms with E-state index in [1.54, 1.807) is 6.07 Å². The number of nitrogens with zero attached hydrogens (tertiary/aromatic N) is 1. The van der Waals surface area contributed by atoms with Crippen LogP contribution in [0.2, 0.25) is 0 Å². The van der Waals surface area contributed by atoms with Gasteiger partial charge in [-0.2, -0.15) is 0 Å². The molecule has 1 aromatic carbocycles. The Balaban J connectivity index is 2.18. The average molecular weight is 258 g/mol. The highest BCUT2D eigenvalue weighted by Crippen LogP contribution is 2.33. The summed E-state index contributed by atoms with van der Waals surface area (Å²) in [6, 6.07) is 5.45. The lowest BCUT2D eigenvalue weighted by atomic mass is 10.1. The fourth-order valence-electron chi connectivity index (χ4n) is 3.11. The highest BCUT2D eigenvalue weighted by Gasteiger charge is 2.21. The number of rotatable bonds is 4. The fraction of sp³-hybridized carbons (Fsp3) is 0.400. The smallest absolute Gasteiger partial charge is 0.335 e. The molecular weight excluding hydrogens is 240 g/mol. The molecule has 0 amide bonds. The summed E-state index contributed by atoms with van der Waals surface area (Å²) in [6.07, 6.45) is 4.28. The van der Waals surface area contributed by atoms with Crippen molar-refractivity contribution in [3.05, 3.63) is 35.0 Å². The Kier molecular flexibility index (Phi) is 3.03. The van der Waals surface area contributed by atoms with Gasteiger partial charge < -0.3 is 15.4 Å². The third kappa shape index (κ3) is 1.92. The van der Waals surface area contributed by atoms with Crippen molar-refractivity contribution in [3.63, 3.8) is 0 Å². The first kappa shape index (κ1) is 12.2. The Morgan fingerprint density at radius 1 is 1.37 bits per heavy atom. The largest absolute Gasteiger partial charge is 0.478 e. The van der Waals surface area contributed by atoms with E-state index in [-0.39, 0.29) is 0 Å². The van der Waals surface area contributed by atoms with E-state index < -0.39 is 5.97 Å². The van der Waals surface area contributed by atoms with E-state index in [0.29, 0.717) is 12.1 Å². The van der Waals surface area contributed by atoms with Crippen molar-refractivity contribution >= 4 is 16.9 Å². The van der Waals surface area contributed by atoms with Gasteiger partial charge in [0.15, 0.2) is 0 Å². The van der Waals surface area contributed by atoms with Crippen LogP contribution in [0.25, 0.3) is 10.9 Å². The number of carbonyl (C=O) groups is 1. The summed E-state index contributed by atoms with van der Waals surface area (Å²) in [5, 5.41) is 10.2. The minimum Gasteiger partial charge on any atom is -0.478 e. The van der Waals surface area contributed by atoms with Crippen LogP contribution in [0.3, 0.4) is 0 Å². The number of benzene rings is 1. The highest BCUT2D eigenvalue weighted by atomic mass is 16.4. The maximum Gasteiger partial charge on any atom is 0.335 e. The van der Waals surface area contributed by atoms with Gasteiger partial charge >= 0.3 is 5.97 Å². The fourth-order valence-corrected chi connectivity index (χ4v) is 3.11. The van der Waals surface area contributed by atoms with Crippen molar-refractivity contribution in [2.75, 3.05) is 6.54 Å². The third-order valence-corrected chi connectivity index (χ3v) is 3.96. The quantitative estimate of drug-likeness (QED) is 0.883. The number of carboxylic acid groups (broad SMARTS) is 1. The Labute approximate surface area is 111 Å². The zero-order chi connectivity index (χ0) is 13.4. The number of hydrogen-bond donors (Lipinski definition) is 2. The maximum atomic E-state index is 11.1. The molecule has 0 saturated carbocycles. The van der Waals surface area contributed by atoms with Gasteiger partial charge in [-0.15, -0.1) is 0 Å². The maximum absolute atomic E-state index is 11.1. The summed E-state index contributed by atoms with van der Waals surface area (Å²) in [4.78, 5) is 11.1. The van der Waals surface area contributed by atoms with Gasteiger partial charge in [-0.25, -0.2) is 4.79 Å². The Hall–Kier alpha value is -1.81. The van der Waals surface area contributed by atoms with Crippen LogP contribution < -0.4 is 5.73 Å². The summed E-state index contributed by atoms with van der Waals surface area (Å²) >= 11 is 0. The number of hydrogen-bond acceptors (Lipinski definition) is 2. The molecule has 0 saturated heterocycles. The first-order chi connectivity index (χ1) is 9.22.